The van der Waals surface area contributed by atoms with Crippen LogP contribution in [0.5, 0.6) is 0 Å². The summed E-state index contributed by atoms with van der Waals surface area (Å²) in [6.45, 7) is 25.1. The van der Waals surface area contributed by atoms with E-state index in [9.17, 15) is 0 Å². The third-order valence-electron chi connectivity index (χ3n) is 7.69. The molecule has 190 valence electrons. The molecule has 32 heavy (non-hydrogen) atoms. The Morgan fingerprint density at radius 3 is 1.44 bits per heavy atom. The first-order chi connectivity index (χ1) is 14.6. The number of hydrogen-bond acceptors (Lipinski definition) is 4. The molecule has 2 aliphatic rings. The molecule has 2 rings (SSSR count). The van der Waals surface area contributed by atoms with Crippen LogP contribution in [0.25, 0.3) is 0 Å². The van der Waals surface area contributed by atoms with Gasteiger partial charge in [-0.1, -0.05) is 19.8 Å². The molecule has 0 saturated carbocycles. The molecule has 2 fully saturated rings. The summed E-state index contributed by atoms with van der Waals surface area (Å²) in [6.07, 6.45) is 11.7. The Morgan fingerprint density at radius 2 is 1.00 bits per heavy atom. The van der Waals surface area contributed by atoms with Crippen LogP contribution in [-0.2, 0) is 0 Å². The fourth-order valence-corrected chi connectivity index (χ4v) is 7.08. The van der Waals surface area contributed by atoms with E-state index >= 15 is 0 Å². The lowest BCUT2D eigenvalue weighted by atomic mass is 9.79. The summed E-state index contributed by atoms with van der Waals surface area (Å²) in [5.74, 6) is 0. The van der Waals surface area contributed by atoms with Gasteiger partial charge in [-0.15, -0.1) is 0 Å². The maximum absolute atomic E-state index is 3.86. The van der Waals surface area contributed by atoms with E-state index in [4.69, 9.17) is 0 Å². The zero-order valence-electron chi connectivity index (χ0n) is 23.5. The number of piperidine rings is 2. The predicted molar refractivity (Wildman–Crippen MR) is 142 cm³/mol. The second-order valence-electron chi connectivity index (χ2n) is 13.8. The molecule has 2 aliphatic heterocycles. The maximum Gasteiger partial charge on any atom is 0.0145 e. The summed E-state index contributed by atoms with van der Waals surface area (Å²) in [4.78, 5) is 5.46. The van der Waals surface area contributed by atoms with E-state index in [1.807, 2.05) is 0 Å². The molecule has 0 aromatic heterocycles. The highest BCUT2D eigenvalue weighted by Crippen LogP contribution is 2.33. The second kappa shape index (κ2) is 11.1. The molecule has 4 heteroatoms. The Hall–Kier alpha value is -0.160. The highest BCUT2D eigenvalue weighted by atomic mass is 15.2. The van der Waals surface area contributed by atoms with Gasteiger partial charge in [0.25, 0.3) is 0 Å². The normalized spacial score (nSPS) is 25.5. The molecule has 0 aliphatic carbocycles. The quantitative estimate of drug-likeness (QED) is 0.389. The van der Waals surface area contributed by atoms with Gasteiger partial charge in [0.2, 0.25) is 0 Å². The van der Waals surface area contributed by atoms with E-state index < -0.39 is 0 Å². The number of rotatable bonds is 11. The lowest BCUT2D eigenvalue weighted by Crippen LogP contribution is -2.62. The Morgan fingerprint density at radius 1 is 0.594 bits per heavy atom. The highest BCUT2D eigenvalue weighted by Gasteiger charge is 2.40. The lowest BCUT2D eigenvalue weighted by molar-refractivity contribution is 0.0644. The average Bonchev–Trinajstić information content (AvgIpc) is 2.58. The minimum Gasteiger partial charge on any atom is -0.307 e. The third kappa shape index (κ3) is 9.24. The van der Waals surface area contributed by atoms with E-state index in [2.05, 4.69) is 89.8 Å². The van der Waals surface area contributed by atoms with Crippen LogP contribution in [0.4, 0.5) is 0 Å². The molecule has 0 radical (unpaired) electrons. The van der Waals surface area contributed by atoms with Crippen LogP contribution in [0.1, 0.15) is 120 Å². The average molecular weight is 451 g/mol. The van der Waals surface area contributed by atoms with Gasteiger partial charge in [0.05, 0.1) is 0 Å². The van der Waals surface area contributed by atoms with Crippen LogP contribution in [-0.4, -0.2) is 70.7 Å². The van der Waals surface area contributed by atoms with E-state index in [1.54, 1.807) is 0 Å². The number of unbranched alkanes of at least 4 members (excludes halogenated alkanes) is 3. The number of nitrogens with one attached hydrogen (secondary N) is 2. The van der Waals surface area contributed by atoms with Crippen molar-refractivity contribution < 1.29 is 0 Å². The van der Waals surface area contributed by atoms with Crippen molar-refractivity contribution in [2.75, 3.05) is 26.7 Å². The third-order valence-corrected chi connectivity index (χ3v) is 7.69. The molecular weight excluding hydrogens is 392 g/mol. The molecule has 2 N–H and O–H groups in total. The van der Waals surface area contributed by atoms with Gasteiger partial charge < -0.3 is 20.4 Å². The van der Waals surface area contributed by atoms with Gasteiger partial charge in [0, 0.05) is 34.2 Å². The van der Waals surface area contributed by atoms with E-state index in [-0.39, 0.29) is 22.2 Å². The maximum atomic E-state index is 3.86. The minimum absolute atomic E-state index is 0.237. The van der Waals surface area contributed by atoms with Gasteiger partial charge >= 0.3 is 0 Å². The smallest absolute Gasteiger partial charge is 0.0145 e. The Balaban J connectivity index is 1.72. The van der Waals surface area contributed by atoms with Crippen LogP contribution in [0, 0.1) is 0 Å². The molecule has 4 nitrogen and oxygen atoms in total. The summed E-state index contributed by atoms with van der Waals surface area (Å²) in [6, 6.07) is 1.42. The van der Waals surface area contributed by atoms with E-state index in [1.165, 1.54) is 77.4 Å². The molecule has 0 atom stereocenters. The fourth-order valence-electron chi connectivity index (χ4n) is 7.08. The van der Waals surface area contributed by atoms with Gasteiger partial charge in [-0.05, 0) is 127 Å². The van der Waals surface area contributed by atoms with Crippen LogP contribution >= 0.6 is 0 Å². The van der Waals surface area contributed by atoms with Gasteiger partial charge in [-0.3, -0.25) is 0 Å². The first-order valence-electron chi connectivity index (χ1n) is 13.7. The predicted octanol–water partition coefficient (Wildman–Crippen LogP) is 5.81. The SMILES string of the molecule is CCCN(CCCCCCN(C)C1CC(C)(C)NC(C)(C)C1)C1CC(C)(C)NC(C)(C)C1. The monoisotopic (exact) mass is 450 g/mol. The van der Waals surface area contributed by atoms with Crippen molar-refractivity contribution in [3.63, 3.8) is 0 Å². The zero-order chi connectivity index (χ0) is 24.2. The topological polar surface area (TPSA) is 30.5 Å². The van der Waals surface area contributed by atoms with Gasteiger partial charge in [-0.25, -0.2) is 0 Å². The molecule has 0 spiro atoms. The van der Waals surface area contributed by atoms with Crippen molar-refractivity contribution in [1.29, 1.82) is 0 Å². The molecule has 0 aromatic rings. The lowest BCUT2D eigenvalue weighted by Gasteiger charge is -2.50. The molecule has 0 bridgehead atoms. The second-order valence-corrected chi connectivity index (χ2v) is 13.8. The Kier molecular flexibility index (Phi) is 9.70. The molecular formula is C28H58N4. The largest absolute Gasteiger partial charge is 0.307 e. The Labute approximate surface area is 201 Å². The number of nitrogens with zero attached hydrogens (tertiary/aromatic N) is 2. The Bertz CT molecular complexity index is 534. The summed E-state index contributed by atoms with van der Waals surface area (Å²) < 4.78 is 0. The molecule has 0 aromatic carbocycles. The number of hydrogen-bond donors (Lipinski definition) is 2. The van der Waals surface area contributed by atoms with Crippen molar-refractivity contribution in [2.45, 2.75) is 154 Å². The van der Waals surface area contributed by atoms with E-state index in [0.717, 1.165) is 6.04 Å². The van der Waals surface area contributed by atoms with Crippen LogP contribution < -0.4 is 10.6 Å². The van der Waals surface area contributed by atoms with Crippen molar-refractivity contribution in [1.82, 2.24) is 20.4 Å². The van der Waals surface area contributed by atoms with Crippen molar-refractivity contribution >= 4 is 0 Å². The van der Waals surface area contributed by atoms with Crippen LogP contribution in [0.3, 0.4) is 0 Å². The first-order valence-corrected chi connectivity index (χ1v) is 13.7. The van der Waals surface area contributed by atoms with Crippen molar-refractivity contribution in [3.05, 3.63) is 0 Å². The zero-order valence-corrected chi connectivity index (χ0v) is 23.5. The first kappa shape index (κ1) is 28.1. The van der Waals surface area contributed by atoms with Gasteiger partial charge in [0.1, 0.15) is 0 Å². The minimum atomic E-state index is 0.237. The highest BCUT2D eigenvalue weighted by molar-refractivity contribution is 5.01. The summed E-state index contributed by atoms with van der Waals surface area (Å²) >= 11 is 0. The standard InChI is InChI=1S/C28H58N4/c1-11-16-32(24-21-27(6,7)30-28(8,9)22-24)18-15-13-12-14-17-31(10)23-19-25(2,3)29-26(4,5)20-23/h23-24,29-30H,11-22H2,1-10H3. The molecule has 2 saturated heterocycles. The summed E-state index contributed by atoms with van der Waals surface area (Å²) in [7, 11) is 2.35. The molecule has 0 amide bonds. The van der Waals surface area contributed by atoms with Crippen LogP contribution in [0.15, 0.2) is 0 Å². The molecule has 0 unspecified atom stereocenters. The van der Waals surface area contributed by atoms with Crippen molar-refractivity contribution in [3.8, 4) is 0 Å². The summed E-state index contributed by atoms with van der Waals surface area (Å²) in [5.41, 5.74) is 0.948. The van der Waals surface area contributed by atoms with Gasteiger partial charge in [0.15, 0.2) is 0 Å². The van der Waals surface area contributed by atoms with Crippen molar-refractivity contribution in [2.24, 2.45) is 0 Å². The van der Waals surface area contributed by atoms with Crippen LogP contribution in [0.2, 0.25) is 0 Å². The molecule has 2 heterocycles. The summed E-state index contributed by atoms with van der Waals surface area (Å²) in [5, 5.41) is 7.68. The van der Waals surface area contributed by atoms with E-state index in [0.29, 0.717) is 6.04 Å². The van der Waals surface area contributed by atoms with Gasteiger partial charge in [-0.2, -0.15) is 0 Å². The fraction of sp³-hybridized carbons (Fsp3) is 1.00.